The summed E-state index contributed by atoms with van der Waals surface area (Å²) in [5, 5.41) is 8.35. The van der Waals surface area contributed by atoms with Crippen molar-refractivity contribution >= 4 is 23.5 Å². The lowest BCUT2D eigenvalue weighted by molar-refractivity contribution is 0.0779. The number of aryl methyl sites for hydroxylation is 1. The van der Waals surface area contributed by atoms with E-state index in [4.69, 9.17) is 4.74 Å². The van der Waals surface area contributed by atoms with Crippen LogP contribution in [0.25, 0.3) is 0 Å². The van der Waals surface area contributed by atoms with Gasteiger partial charge in [0.2, 0.25) is 0 Å². The maximum atomic E-state index is 12.9. The fraction of sp³-hybridized carbons (Fsp3) is 0.333. The van der Waals surface area contributed by atoms with Gasteiger partial charge in [-0.05, 0) is 68.1 Å². The molecule has 3 N–H and O–H groups in total. The quantitative estimate of drug-likeness (QED) is 0.706. The highest BCUT2D eigenvalue weighted by Crippen LogP contribution is 2.22. The van der Waals surface area contributed by atoms with Gasteiger partial charge in [-0.3, -0.25) is 5.32 Å². The van der Waals surface area contributed by atoms with Crippen molar-refractivity contribution in [2.24, 2.45) is 0 Å². The summed E-state index contributed by atoms with van der Waals surface area (Å²) >= 11 is 0. The molecule has 3 amide bonds. The molecule has 0 unspecified atom stereocenters. The molecule has 1 fully saturated rings. The second kappa shape index (κ2) is 9.21. The number of ether oxygens (including phenoxy) is 1. The number of halogens is 1. The van der Waals surface area contributed by atoms with Crippen LogP contribution < -0.4 is 16.0 Å². The molecule has 6 nitrogen and oxygen atoms in total. The fourth-order valence-electron chi connectivity index (χ4n) is 3.29. The summed E-state index contributed by atoms with van der Waals surface area (Å²) in [5.41, 5.74) is 2.27. The van der Waals surface area contributed by atoms with Crippen molar-refractivity contribution in [1.82, 2.24) is 5.32 Å². The van der Waals surface area contributed by atoms with Crippen LogP contribution in [-0.2, 0) is 4.74 Å². The van der Waals surface area contributed by atoms with Gasteiger partial charge >= 0.3 is 12.1 Å². The number of benzene rings is 2. The zero-order valence-corrected chi connectivity index (χ0v) is 15.7. The van der Waals surface area contributed by atoms with Crippen molar-refractivity contribution < 1.29 is 18.7 Å². The van der Waals surface area contributed by atoms with Gasteiger partial charge in [-0.25, -0.2) is 14.0 Å². The molecular weight excluding hydrogens is 361 g/mol. The van der Waals surface area contributed by atoms with E-state index in [1.807, 2.05) is 31.2 Å². The van der Waals surface area contributed by atoms with Crippen LogP contribution in [-0.4, -0.2) is 24.3 Å². The van der Waals surface area contributed by atoms with Crippen molar-refractivity contribution in [2.45, 2.75) is 44.8 Å². The molecule has 0 aromatic heterocycles. The van der Waals surface area contributed by atoms with Crippen LogP contribution in [0.4, 0.5) is 25.4 Å². The number of hydrogen-bond donors (Lipinski definition) is 3. The topological polar surface area (TPSA) is 79.5 Å². The minimum absolute atomic E-state index is 0.0674. The third-order valence-corrected chi connectivity index (χ3v) is 4.60. The Hall–Kier alpha value is -3.09. The van der Waals surface area contributed by atoms with Gasteiger partial charge in [-0.2, -0.15) is 0 Å². The molecule has 0 saturated heterocycles. The molecule has 2 aromatic rings. The molecule has 3 rings (SSSR count). The number of rotatable bonds is 4. The summed E-state index contributed by atoms with van der Waals surface area (Å²) in [4.78, 5) is 24.3. The number of hydrogen-bond acceptors (Lipinski definition) is 3. The monoisotopic (exact) mass is 385 g/mol. The molecule has 0 radical (unpaired) electrons. The van der Waals surface area contributed by atoms with Gasteiger partial charge in [-0.1, -0.05) is 12.1 Å². The van der Waals surface area contributed by atoms with E-state index < -0.39 is 6.09 Å². The van der Waals surface area contributed by atoms with E-state index in [2.05, 4.69) is 16.0 Å². The molecule has 1 aliphatic rings. The summed E-state index contributed by atoms with van der Waals surface area (Å²) in [5.74, 6) is -0.371. The standard InChI is InChI=1S/C21H24FN3O3/c1-14-4-2-5-17(12-14)23-20(26)24-18-6-3-7-19(13-18)28-21(27)25-16-10-8-15(22)9-11-16/h2,4-5,8-12,18-19H,3,6-7,13H2,1H3,(H,25,27)(H2,23,24,26)/t18-,19-/m1/s1. The van der Waals surface area contributed by atoms with Crippen LogP contribution in [0.15, 0.2) is 48.5 Å². The number of amides is 3. The van der Waals surface area contributed by atoms with Gasteiger partial charge in [0.05, 0.1) is 0 Å². The number of nitrogens with one attached hydrogen (secondary N) is 3. The maximum Gasteiger partial charge on any atom is 0.411 e. The van der Waals surface area contributed by atoms with Gasteiger partial charge in [0.1, 0.15) is 11.9 Å². The summed E-state index contributed by atoms with van der Waals surface area (Å²) in [6.45, 7) is 1.96. The minimum Gasteiger partial charge on any atom is -0.446 e. The average molecular weight is 385 g/mol. The lowest BCUT2D eigenvalue weighted by atomic mass is 9.93. The Kier molecular flexibility index (Phi) is 6.47. The van der Waals surface area contributed by atoms with Gasteiger partial charge < -0.3 is 15.4 Å². The molecule has 0 spiro atoms. The van der Waals surface area contributed by atoms with Gasteiger partial charge in [0, 0.05) is 23.8 Å². The Morgan fingerprint density at radius 2 is 1.82 bits per heavy atom. The predicted octanol–water partition coefficient (Wildman–Crippen LogP) is 4.82. The minimum atomic E-state index is -0.582. The van der Waals surface area contributed by atoms with E-state index in [-0.39, 0.29) is 24.0 Å². The molecule has 2 aromatic carbocycles. The highest BCUT2D eigenvalue weighted by molar-refractivity contribution is 5.89. The lowest BCUT2D eigenvalue weighted by Gasteiger charge is -2.29. The highest BCUT2D eigenvalue weighted by Gasteiger charge is 2.26. The number of anilines is 2. The van der Waals surface area contributed by atoms with Crippen LogP contribution >= 0.6 is 0 Å². The molecule has 28 heavy (non-hydrogen) atoms. The van der Waals surface area contributed by atoms with Crippen LogP contribution in [0.1, 0.15) is 31.2 Å². The highest BCUT2D eigenvalue weighted by atomic mass is 19.1. The second-order valence-electron chi connectivity index (χ2n) is 6.99. The van der Waals surface area contributed by atoms with E-state index in [0.29, 0.717) is 12.1 Å². The predicted molar refractivity (Wildman–Crippen MR) is 106 cm³/mol. The van der Waals surface area contributed by atoms with E-state index in [9.17, 15) is 14.0 Å². The van der Waals surface area contributed by atoms with E-state index in [0.717, 1.165) is 30.5 Å². The van der Waals surface area contributed by atoms with E-state index in [1.165, 1.54) is 24.3 Å². The van der Waals surface area contributed by atoms with Crippen LogP contribution in [0.5, 0.6) is 0 Å². The Labute approximate surface area is 163 Å². The van der Waals surface area contributed by atoms with Gasteiger partial charge in [-0.15, -0.1) is 0 Å². The molecule has 2 atom stereocenters. The summed E-state index contributed by atoms with van der Waals surface area (Å²) < 4.78 is 18.4. The van der Waals surface area contributed by atoms with Gasteiger partial charge in [0.15, 0.2) is 0 Å². The fourth-order valence-corrected chi connectivity index (χ4v) is 3.29. The molecule has 0 aliphatic heterocycles. The first-order valence-corrected chi connectivity index (χ1v) is 9.35. The second-order valence-corrected chi connectivity index (χ2v) is 6.99. The molecule has 1 saturated carbocycles. The summed E-state index contributed by atoms with van der Waals surface area (Å²) in [6, 6.07) is 12.7. The number of carbonyl (C=O) groups is 2. The van der Waals surface area contributed by atoms with Gasteiger partial charge in [0.25, 0.3) is 0 Å². The van der Waals surface area contributed by atoms with Crippen molar-refractivity contribution in [3.63, 3.8) is 0 Å². The molecule has 1 aliphatic carbocycles. The smallest absolute Gasteiger partial charge is 0.411 e. The molecule has 0 heterocycles. The Bertz CT molecular complexity index is 826. The first-order chi connectivity index (χ1) is 13.5. The van der Waals surface area contributed by atoms with Crippen molar-refractivity contribution in [3.05, 3.63) is 59.9 Å². The SMILES string of the molecule is Cc1cccc(NC(=O)N[C@@H]2CCC[C@@H](OC(=O)Nc3ccc(F)cc3)C2)c1. The van der Waals surface area contributed by atoms with E-state index in [1.54, 1.807) is 0 Å². The average Bonchev–Trinajstić information content (AvgIpc) is 2.64. The zero-order valence-electron chi connectivity index (χ0n) is 15.7. The summed E-state index contributed by atoms with van der Waals surface area (Å²) in [7, 11) is 0. The van der Waals surface area contributed by atoms with Crippen molar-refractivity contribution in [1.29, 1.82) is 0 Å². The first kappa shape index (κ1) is 19.7. The van der Waals surface area contributed by atoms with Crippen molar-refractivity contribution in [2.75, 3.05) is 10.6 Å². The Morgan fingerprint density at radius 3 is 2.57 bits per heavy atom. The molecule has 0 bridgehead atoms. The Balaban J connectivity index is 1.46. The largest absolute Gasteiger partial charge is 0.446 e. The van der Waals surface area contributed by atoms with Crippen molar-refractivity contribution in [3.8, 4) is 0 Å². The molecule has 148 valence electrons. The summed E-state index contributed by atoms with van der Waals surface area (Å²) in [6.07, 6.45) is 2.12. The number of urea groups is 1. The molecule has 7 heteroatoms. The third kappa shape index (κ3) is 5.97. The molecular formula is C21H24FN3O3. The zero-order chi connectivity index (χ0) is 19.9. The first-order valence-electron chi connectivity index (χ1n) is 9.35. The normalized spacial score (nSPS) is 18.8. The van der Waals surface area contributed by atoms with Crippen LogP contribution in [0.2, 0.25) is 0 Å². The lowest BCUT2D eigenvalue weighted by Crippen LogP contribution is -2.43. The Morgan fingerprint density at radius 1 is 1.04 bits per heavy atom. The number of carbonyl (C=O) groups excluding carboxylic acids is 2. The maximum absolute atomic E-state index is 12.9. The van der Waals surface area contributed by atoms with E-state index >= 15 is 0 Å². The third-order valence-electron chi connectivity index (χ3n) is 4.60. The van der Waals surface area contributed by atoms with Crippen LogP contribution in [0, 0.1) is 12.7 Å². The van der Waals surface area contributed by atoms with Crippen LogP contribution in [0.3, 0.4) is 0 Å².